The minimum absolute atomic E-state index is 0.00521. The first-order valence-corrected chi connectivity index (χ1v) is 4.29. The van der Waals surface area contributed by atoms with Crippen LogP contribution >= 0.6 is 0 Å². The molecule has 9 heteroatoms. The molecule has 0 saturated carbocycles. The molecule has 86 valence electrons. The zero-order valence-electron chi connectivity index (χ0n) is 8.10. The molecule has 0 aliphatic carbocycles. The van der Waals surface area contributed by atoms with Gasteiger partial charge in [0.25, 0.3) is 0 Å². The van der Waals surface area contributed by atoms with Crippen molar-refractivity contribution in [1.82, 2.24) is 25.0 Å². The number of fused-ring (bicyclic) bond motifs is 1. The molecule has 0 radical (unpaired) electrons. The predicted octanol–water partition coefficient (Wildman–Crippen LogP) is 0.927. The summed E-state index contributed by atoms with van der Waals surface area (Å²) in [6.07, 6.45) is -3.35. The number of aromatic nitrogens is 5. The molecule has 2 heterocycles. The third-order valence-electron chi connectivity index (χ3n) is 2.13. The Morgan fingerprint density at radius 3 is 2.69 bits per heavy atom. The molecule has 0 spiro atoms. The Labute approximate surface area is 87.3 Å². The first-order valence-electron chi connectivity index (χ1n) is 4.29. The fourth-order valence-electron chi connectivity index (χ4n) is 1.18. The average Bonchev–Trinajstić information content (AvgIpc) is 2.60. The maximum atomic E-state index is 12.5. The first kappa shape index (κ1) is 10.6. The summed E-state index contributed by atoms with van der Waals surface area (Å²) in [5, 5.41) is 6.90. The van der Waals surface area contributed by atoms with Gasteiger partial charge in [0.05, 0.1) is 0 Å². The van der Waals surface area contributed by atoms with Gasteiger partial charge in [-0.1, -0.05) is 5.21 Å². The molecule has 0 aliphatic rings. The zero-order valence-corrected chi connectivity index (χ0v) is 8.10. The monoisotopic (exact) mass is 232 g/mol. The second-order valence-corrected chi connectivity index (χ2v) is 3.18. The van der Waals surface area contributed by atoms with Crippen molar-refractivity contribution in [2.24, 2.45) is 0 Å². The highest BCUT2D eigenvalue weighted by molar-refractivity contribution is 5.80. The number of nitrogens with two attached hydrogens (primary N) is 1. The molecule has 0 saturated heterocycles. The highest BCUT2D eigenvalue weighted by Gasteiger charge is 2.39. The van der Waals surface area contributed by atoms with Crippen LogP contribution in [-0.2, 0) is 0 Å². The van der Waals surface area contributed by atoms with Crippen LogP contribution in [0.5, 0.6) is 0 Å². The van der Waals surface area contributed by atoms with Gasteiger partial charge < -0.3 is 5.73 Å². The second-order valence-electron chi connectivity index (χ2n) is 3.18. The zero-order chi connectivity index (χ0) is 11.9. The second kappa shape index (κ2) is 3.29. The van der Waals surface area contributed by atoms with E-state index in [0.717, 1.165) is 13.3 Å². The minimum atomic E-state index is -4.42. The van der Waals surface area contributed by atoms with Crippen LogP contribution in [-0.4, -0.2) is 31.1 Å². The SMILES string of the molecule is CC(n1nnc2c(N)ncnc21)C(F)(F)F. The van der Waals surface area contributed by atoms with Gasteiger partial charge in [-0.2, -0.15) is 13.2 Å². The van der Waals surface area contributed by atoms with Crippen LogP contribution in [0, 0.1) is 0 Å². The number of nitrogen functional groups attached to an aromatic ring is 1. The van der Waals surface area contributed by atoms with Crippen LogP contribution in [0.15, 0.2) is 6.33 Å². The summed E-state index contributed by atoms with van der Waals surface area (Å²) in [4.78, 5) is 7.30. The van der Waals surface area contributed by atoms with Gasteiger partial charge >= 0.3 is 6.18 Å². The number of alkyl halides is 3. The fourth-order valence-corrected chi connectivity index (χ4v) is 1.18. The number of hydrogen-bond donors (Lipinski definition) is 1. The van der Waals surface area contributed by atoms with E-state index in [2.05, 4.69) is 20.3 Å². The molecule has 2 rings (SSSR count). The van der Waals surface area contributed by atoms with Crippen LogP contribution in [0.1, 0.15) is 13.0 Å². The molecule has 6 nitrogen and oxygen atoms in total. The molecule has 0 amide bonds. The van der Waals surface area contributed by atoms with Crippen molar-refractivity contribution < 1.29 is 13.2 Å². The van der Waals surface area contributed by atoms with E-state index in [1.165, 1.54) is 0 Å². The number of nitrogens with zero attached hydrogens (tertiary/aromatic N) is 5. The number of rotatable bonds is 1. The highest BCUT2D eigenvalue weighted by atomic mass is 19.4. The third kappa shape index (κ3) is 1.53. The quantitative estimate of drug-likeness (QED) is 0.790. The number of halogens is 3. The van der Waals surface area contributed by atoms with Crippen molar-refractivity contribution in [3.63, 3.8) is 0 Å². The standard InChI is InChI=1S/C7H7F3N6/c1-3(7(8,9)10)16-6-4(14-15-16)5(11)12-2-13-6/h2-3H,1H3,(H2,11,12,13). The topological polar surface area (TPSA) is 82.5 Å². The molecule has 0 fully saturated rings. The van der Waals surface area contributed by atoms with Crippen molar-refractivity contribution >= 4 is 17.0 Å². The van der Waals surface area contributed by atoms with Crippen LogP contribution in [0.2, 0.25) is 0 Å². The smallest absolute Gasteiger partial charge is 0.382 e. The number of hydrogen-bond acceptors (Lipinski definition) is 5. The molecule has 1 unspecified atom stereocenters. The Bertz CT molecular complexity index is 518. The maximum absolute atomic E-state index is 12.5. The molecule has 0 aromatic carbocycles. The van der Waals surface area contributed by atoms with Crippen LogP contribution in [0.3, 0.4) is 0 Å². The maximum Gasteiger partial charge on any atom is 0.410 e. The number of anilines is 1. The summed E-state index contributed by atoms with van der Waals surface area (Å²) in [6, 6.07) is -1.81. The predicted molar refractivity (Wildman–Crippen MR) is 48.3 cm³/mol. The van der Waals surface area contributed by atoms with E-state index < -0.39 is 12.2 Å². The van der Waals surface area contributed by atoms with Crippen LogP contribution < -0.4 is 5.73 Å². The van der Waals surface area contributed by atoms with Gasteiger partial charge in [0, 0.05) is 0 Å². The van der Waals surface area contributed by atoms with E-state index in [1.54, 1.807) is 0 Å². The van der Waals surface area contributed by atoms with E-state index >= 15 is 0 Å². The van der Waals surface area contributed by atoms with Gasteiger partial charge in [-0.15, -0.1) is 5.10 Å². The van der Waals surface area contributed by atoms with Gasteiger partial charge in [-0.25, -0.2) is 14.6 Å². The highest BCUT2D eigenvalue weighted by Crippen LogP contribution is 2.31. The Morgan fingerprint density at radius 2 is 2.06 bits per heavy atom. The van der Waals surface area contributed by atoms with E-state index in [-0.39, 0.29) is 17.0 Å². The van der Waals surface area contributed by atoms with Gasteiger partial charge in [0.1, 0.15) is 12.4 Å². The van der Waals surface area contributed by atoms with Crippen molar-refractivity contribution in [1.29, 1.82) is 0 Å². The van der Waals surface area contributed by atoms with E-state index in [9.17, 15) is 13.2 Å². The summed E-state index contributed by atoms with van der Waals surface area (Å²) in [5.41, 5.74) is 5.47. The lowest BCUT2D eigenvalue weighted by Gasteiger charge is -2.15. The molecule has 1 atom stereocenters. The first-order chi connectivity index (χ1) is 7.41. The van der Waals surface area contributed by atoms with Crippen molar-refractivity contribution in [2.75, 3.05) is 5.73 Å². The Balaban J connectivity index is 2.59. The fraction of sp³-hybridized carbons (Fsp3) is 0.429. The van der Waals surface area contributed by atoms with Gasteiger partial charge in [0.15, 0.2) is 17.0 Å². The Hall–Kier alpha value is -1.93. The molecule has 0 aliphatic heterocycles. The third-order valence-corrected chi connectivity index (χ3v) is 2.13. The van der Waals surface area contributed by atoms with Gasteiger partial charge in [-0.3, -0.25) is 0 Å². The van der Waals surface area contributed by atoms with Gasteiger partial charge in [-0.05, 0) is 6.92 Å². The Kier molecular flexibility index (Phi) is 2.17. The van der Waals surface area contributed by atoms with Crippen molar-refractivity contribution in [2.45, 2.75) is 19.1 Å². The molecule has 2 N–H and O–H groups in total. The van der Waals surface area contributed by atoms with Crippen LogP contribution in [0.25, 0.3) is 11.2 Å². The molecular weight excluding hydrogens is 225 g/mol. The lowest BCUT2D eigenvalue weighted by Crippen LogP contribution is -2.25. The summed E-state index contributed by atoms with van der Waals surface area (Å²) in [7, 11) is 0. The molecule has 0 bridgehead atoms. The summed E-state index contributed by atoms with van der Waals surface area (Å²) in [5.74, 6) is 0.00521. The lowest BCUT2D eigenvalue weighted by molar-refractivity contribution is -0.164. The lowest BCUT2D eigenvalue weighted by atomic mass is 10.3. The van der Waals surface area contributed by atoms with Crippen molar-refractivity contribution in [3.8, 4) is 0 Å². The molecule has 2 aromatic heterocycles. The summed E-state index contributed by atoms with van der Waals surface area (Å²) < 4.78 is 38.1. The van der Waals surface area contributed by atoms with E-state index in [1.807, 2.05) is 0 Å². The summed E-state index contributed by atoms with van der Waals surface area (Å²) >= 11 is 0. The van der Waals surface area contributed by atoms with E-state index in [4.69, 9.17) is 5.73 Å². The van der Waals surface area contributed by atoms with E-state index in [0.29, 0.717) is 4.68 Å². The Morgan fingerprint density at radius 1 is 1.38 bits per heavy atom. The van der Waals surface area contributed by atoms with Crippen molar-refractivity contribution in [3.05, 3.63) is 6.33 Å². The molecule has 16 heavy (non-hydrogen) atoms. The normalized spacial score (nSPS) is 14.2. The minimum Gasteiger partial charge on any atom is -0.382 e. The average molecular weight is 232 g/mol. The van der Waals surface area contributed by atoms with Gasteiger partial charge in [0.2, 0.25) is 0 Å². The molecule has 2 aromatic rings. The molecular formula is C7H7F3N6. The van der Waals surface area contributed by atoms with Crippen LogP contribution in [0.4, 0.5) is 19.0 Å². The summed E-state index contributed by atoms with van der Waals surface area (Å²) in [6.45, 7) is 0.965. The largest absolute Gasteiger partial charge is 0.410 e.